The van der Waals surface area contributed by atoms with Crippen LogP contribution in [0.4, 0.5) is 0 Å². The fraction of sp³-hybridized carbons (Fsp3) is 0.118. The Morgan fingerprint density at radius 1 is 0.683 bits per heavy atom. The van der Waals surface area contributed by atoms with Gasteiger partial charge in [0.05, 0.1) is 29.8 Å². The van der Waals surface area contributed by atoms with E-state index in [-0.39, 0.29) is 30.0 Å². The summed E-state index contributed by atoms with van der Waals surface area (Å²) in [6.07, 6.45) is 1.67. The third-order valence-corrected chi connectivity index (χ3v) is 7.06. The molecule has 6 rings (SSSR count). The van der Waals surface area contributed by atoms with E-state index in [0.29, 0.717) is 22.1 Å². The Morgan fingerprint density at radius 2 is 1.32 bits per heavy atom. The van der Waals surface area contributed by atoms with Gasteiger partial charge in [-0.3, -0.25) is 9.78 Å². The molecule has 0 aliphatic heterocycles. The highest BCUT2D eigenvalue weighted by Gasteiger charge is 2.34. The number of ketones is 1. The second-order valence-electron chi connectivity index (χ2n) is 9.44. The standard InChI is InChI=1S/C34H26N2O5/c1-3-40-33(38)27-26-19-18-24-15-14-23-11-8-20-35-29(23)30(24)36(26)31(28(27)34(39)41-4-2)32(37)25-16-12-22(13-17-25)21-9-6-5-7-10-21/h5-20H,3-4H2,1-2H3. The number of hydrogen-bond donors (Lipinski definition) is 0. The van der Waals surface area contributed by atoms with Crippen molar-refractivity contribution in [1.29, 1.82) is 0 Å². The van der Waals surface area contributed by atoms with E-state index in [4.69, 9.17) is 9.47 Å². The first kappa shape index (κ1) is 26.0. The number of aromatic nitrogens is 2. The second-order valence-corrected chi connectivity index (χ2v) is 9.44. The molecule has 3 aromatic carbocycles. The maximum atomic E-state index is 14.4. The highest BCUT2D eigenvalue weighted by Crippen LogP contribution is 2.34. The first-order chi connectivity index (χ1) is 20.0. The molecule has 0 unspecified atom stereocenters. The number of nitrogens with zero attached hydrogens (tertiary/aromatic N) is 2. The van der Waals surface area contributed by atoms with E-state index in [0.717, 1.165) is 21.9 Å². The topological polar surface area (TPSA) is 87.0 Å². The lowest BCUT2D eigenvalue weighted by Gasteiger charge is -2.11. The van der Waals surface area contributed by atoms with Crippen LogP contribution in [0, 0.1) is 0 Å². The van der Waals surface area contributed by atoms with E-state index in [1.165, 1.54) is 0 Å². The predicted molar refractivity (Wildman–Crippen MR) is 157 cm³/mol. The number of pyridine rings is 2. The molecule has 3 heterocycles. The Hall–Kier alpha value is -5.30. The quantitative estimate of drug-likeness (QED) is 0.124. The number of rotatable bonds is 7. The van der Waals surface area contributed by atoms with E-state index >= 15 is 0 Å². The van der Waals surface area contributed by atoms with Gasteiger partial charge in [-0.2, -0.15) is 0 Å². The molecule has 0 aliphatic rings. The van der Waals surface area contributed by atoms with Gasteiger partial charge in [-0.1, -0.05) is 78.9 Å². The lowest BCUT2D eigenvalue weighted by Crippen LogP contribution is -2.17. The molecule has 7 nitrogen and oxygen atoms in total. The highest BCUT2D eigenvalue weighted by molar-refractivity contribution is 6.21. The monoisotopic (exact) mass is 542 g/mol. The van der Waals surface area contributed by atoms with Crippen LogP contribution in [0.2, 0.25) is 0 Å². The van der Waals surface area contributed by atoms with Crippen LogP contribution in [0.15, 0.2) is 97.2 Å². The molecular formula is C34H26N2O5. The molecule has 0 bridgehead atoms. The molecule has 0 N–H and O–H groups in total. The first-order valence-electron chi connectivity index (χ1n) is 13.4. The molecule has 3 aromatic heterocycles. The van der Waals surface area contributed by atoms with Crippen LogP contribution in [0.5, 0.6) is 0 Å². The molecule has 202 valence electrons. The number of esters is 2. The van der Waals surface area contributed by atoms with Crippen molar-refractivity contribution in [1.82, 2.24) is 9.38 Å². The molecule has 7 heteroatoms. The molecule has 0 atom stereocenters. The van der Waals surface area contributed by atoms with E-state index in [2.05, 4.69) is 4.98 Å². The summed E-state index contributed by atoms with van der Waals surface area (Å²) in [5.41, 5.74) is 3.80. The van der Waals surface area contributed by atoms with Crippen molar-refractivity contribution in [2.45, 2.75) is 13.8 Å². The molecule has 0 spiro atoms. The molecule has 0 amide bonds. The molecule has 0 saturated carbocycles. The van der Waals surface area contributed by atoms with Gasteiger partial charge in [-0.15, -0.1) is 0 Å². The second kappa shape index (κ2) is 10.7. The van der Waals surface area contributed by atoms with Crippen molar-refractivity contribution in [3.8, 4) is 11.1 Å². The molecule has 41 heavy (non-hydrogen) atoms. The molecule has 0 saturated heterocycles. The van der Waals surface area contributed by atoms with Gasteiger partial charge < -0.3 is 13.9 Å². The SMILES string of the molecule is CCOC(=O)c1c(C(=O)OCC)c2ccc3ccc4cccnc4c3n2c1C(=O)c1ccc(-c2ccccc2)cc1. The number of carbonyl (C=O) groups is 3. The summed E-state index contributed by atoms with van der Waals surface area (Å²) in [6, 6.07) is 28.2. The summed E-state index contributed by atoms with van der Waals surface area (Å²) in [7, 11) is 0. The predicted octanol–water partition coefficient (Wildman–Crippen LogP) is 6.89. The zero-order valence-corrected chi connectivity index (χ0v) is 22.6. The average Bonchev–Trinajstić information content (AvgIpc) is 3.37. The number of hydrogen-bond acceptors (Lipinski definition) is 6. The van der Waals surface area contributed by atoms with Gasteiger partial charge in [0.2, 0.25) is 5.78 Å². The lowest BCUT2D eigenvalue weighted by molar-refractivity contribution is 0.0480. The van der Waals surface area contributed by atoms with Crippen LogP contribution < -0.4 is 0 Å². The third kappa shape index (κ3) is 4.41. The van der Waals surface area contributed by atoms with Crippen LogP contribution in [-0.2, 0) is 9.47 Å². The average molecular weight is 543 g/mol. The number of fused-ring (bicyclic) bond motifs is 5. The Labute approximate surface area is 236 Å². The van der Waals surface area contributed by atoms with Crippen molar-refractivity contribution in [3.63, 3.8) is 0 Å². The van der Waals surface area contributed by atoms with E-state index in [1.807, 2.05) is 72.8 Å². The van der Waals surface area contributed by atoms with Gasteiger partial charge in [0.15, 0.2) is 0 Å². The number of carbonyl (C=O) groups excluding carboxylic acids is 3. The molecular weight excluding hydrogens is 516 g/mol. The molecule has 0 fully saturated rings. The summed E-state index contributed by atoms with van der Waals surface area (Å²) in [5.74, 6) is -1.91. The third-order valence-electron chi connectivity index (χ3n) is 7.06. The fourth-order valence-corrected chi connectivity index (χ4v) is 5.27. The first-order valence-corrected chi connectivity index (χ1v) is 13.4. The maximum absolute atomic E-state index is 14.4. The molecule has 0 radical (unpaired) electrons. The maximum Gasteiger partial charge on any atom is 0.341 e. The van der Waals surface area contributed by atoms with Crippen LogP contribution in [-0.4, -0.2) is 40.3 Å². The molecule has 6 aromatic rings. The van der Waals surface area contributed by atoms with Gasteiger partial charge >= 0.3 is 11.9 Å². The molecule has 0 aliphatic carbocycles. The largest absolute Gasteiger partial charge is 0.462 e. The van der Waals surface area contributed by atoms with E-state index in [1.54, 1.807) is 42.6 Å². The van der Waals surface area contributed by atoms with Gasteiger partial charge in [-0.25, -0.2) is 9.59 Å². The van der Waals surface area contributed by atoms with Crippen molar-refractivity contribution in [2.24, 2.45) is 0 Å². The summed E-state index contributed by atoms with van der Waals surface area (Å²) in [5, 5.41) is 1.64. The minimum absolute atomic E-state index is 0.00982. The summed E-state index contributed by atoms with van der Waals surface area (Å²) < 4.78 is 12.4. The number of ether oxygens (including phenoxy) is 2. The zero-order valence-electron chi connectivity index (χ0n) is 22.6. The highest BCUT2D eigenvalue weighted by atomic mass is 16.5. The van der Waals surface area contributed by atoms with Crippen LogP contribution in [0.25, 0.3) is 38.4 Å². The van der Waals surface area contributed by atoms with Gasteiger partial charge in [0.25, 0.3) is 0 Å². The zero-order chi connectivity index (χ0) is 28.5. The van der Waals surface area contributed by atoms with E-state index < -0.39 is 17.7 Å². The summed E-state index contributed by atoms with van der Waals surface area (Å²) >= 11 is 0. The lowest BCUT2D eigenvalue weighted by atomic mass is 9.99. The van der Waals surface area contributed by atoms with Crippen LogP contribution in [0.1, 0.15) is 50.6 Å². The van der Waals surface area contributed by atoms with Crippen molar-refractivity contribution in [2.75, 3.05) is 13.2 Å². The Kier molecular flexibility index (Phi) is 6.77. The fourth-order valence-electron chi connectivity index (χ4n) is 5.27. The van der Waals surface area contributed by atoms with E-state index in [9.17, 15) is 14.4 Å². The Morgan fingerprint density at radius 3 is 2.02 bits per heavy atom. The Bertz CT molecular complexity index is 1960. The minimum atomic E-state index is -0.773. The van der Waals surface area contributed by atoms with Crippen LogP contribution in [0.3, 0.4) is 0 Å². The smallest absolute Gasteiger partial charge is 0.341 e. The summed E-state index contributed by atoms with van der Waals surface area (Å²) in [6.45, 7) is 3.53. The van der Waals surface area contributed by atoms with Crippen molar-refractivity contribution in [3.05, 3.63) is 120 Å². The van der Waals surface area contributed by atoms with Crippen molar-refractivity contribution < 1.29 is 23.9 Å². The van der Waals surface area contributed by atoms with Crippen LogP contribution >= 0.6 is 0 Å². The van der Waals surface area contributed by atoms with Gasteiger partial charge in [0.1, 0.15) is 16.8 Å². The minimum Gasteiger partial charge on any atom is -0.462 e. The van der Waals surface area contributed by atoms with Gasteiger partial charge in [0, 0.05) is 22.5 Å². The normalized spacial score (nSPS) is 11.2. The van der Waals surface area contributed by atoms with Crippen molar-refractivity contribution >= 4 is 45.0 Å². The summed E-state index contributed by atoms with van der Waals surface area (Å²) in [4.78, 5) is 45.9. The Balaban J connectivity index is 1.69. The van der Waals surface area contributed by atoms with Gasteiger partial charge in [-0.05, 0) is 37.1 Å². The number of benzene rings is 3.